The Morgan fingerprint density at radius 1 is 1.15 bits per heavy atom. The smallest absolute Gasteiger partial charge is 0.280 e. The monoisotopic (exact) mass is 464 g/mol. The van der Waals surface area contributed by atoms with Gasteiger partial charge in [-0.25, -0.2) is 4.98 Å². The molecule has 0 spiro atoms. The van der Waals surface area contributed by atoms with Gasteiger partial charge >= 0.3 is 0 Å². The van der Waals surface area contributed by atoms with Crippen molar-refractivity contribution in [3.63, 3.8) is 0 Å². The van der Waals surface area contributed by atoms with Gasteiger partial charge in [0.05, 0.1) is 10.6 Å². The third kappa shape index (κ3) is 6.03. The number of aryl methyl sites for hydroxylation is 1. The van der Waals surface area contributed by atoms with E-state index in [1.165, 1.54) is 29.0 Å². The topological polar surface area (TPSA) is 88.4 Å². The molecule has 1 fully saturated rings. The zero-order chi connectivity index (χ0) is 23.2. The molecule has 1 N–H and O–H groups in total. The molecule has 4 rings (SSSR count). The van der Waals surface area contributed by atoms with Crippen molar-refractivity contribution in [2.24, 2.45) is 5.92 Å². The van der Waals surface area contributed by atoms with Crippen molar-refractivity contribution in [1.29, 1.82) is 0 Å². The number of benzene rings is 2. The number of hydrogen-bond donors (Lipinski definition) is 1. The zero-order valence-electron chi connectivity index (χ0n) is 18.7. The predicted octanol–water partition coefficient (Wildman–Crippen LogP) is 5.06. The summed E-state index contributed by atoms with van der Waals surface area (Å²) in [5.74, 6) is 0.476. The highest BCUT2D eigenvalue weighted by molar-refractivity contribution is 7.14. The summed E-state index contributed by atoms with van der Waals surface area (Å²) in [5, 5.41) is 14.3. The molecule has 7 nitrogen and oxygen atoms in total. The van der Waals surface area contributed by atoms with Gasteiger partial charge in [-0.3, -0.25) is 19.8 Å². The fourth-order valence-corrected chi connectivity index (χ4v) is 5.09. The average molecular weight is 465 g/mol. The maximum Gasteiger partial charge on any atom is 0.280 e. The number of nitro benzene ring substituents is 1. The van der Waals surface area contributed by atoms with Gasteiger partial charge in [0.1, 0.15) is 0 Å². The minimum absolute atomic E-state index is 0.0375. The van der Waals surface area contributed by atoms with Crippen molar-refractivity contribution in [1.82, 2.24) is 15.2 Å². The molecule has 1 aromatic heterocycles. The second-order valence-electron chi connectivity index (χ2n) is 8.48. The molecule has 1 aliphatic heterocycles. The summed E-state index contributed by atoms with van der Waals surface area (Å²) in [6.07, 6.45) is 3.29. The van der Waals surface area contributed by atoms with Crippen LogP contribution in [0.15, 0.2) is 54.6 Å². The summed E-state index contributed by atoms with van der Waals surface area (Å²) in [6.45, 7) is 5.75. The standard InChI is InChI=1S/C25H28N4O3S/c1-18-23(21-7-9-22(10-8-21)29(31)32)27-25(33-18)24(30)26-14-11-19-12-15-28(16-13-19)17-20-5-3-2-4-6-20/h2-10,19H,11-17H2,1H3,(H,26,30). The lowest BCUT2D eigenvalue weighted by atomic mass is 9.93. The largest absolute Gasteiger partial charge is 0.350 e. The molecule has 2 aromatic carbocycles. The second kappa shape index (κ2) is 10.7. The third-order valence-electron chi connectivity index (χ3n) is 6.14. The molecule has 0 bridgehead atoms. The number of likely N-dealkylation sites (tertiary alicyclic amines) is 1. The van der Waals surface area contributed by atoms with Crippen LogP contribution in [0.3, 0.4) is 0 Å². The summed E-state index contributed by atoms with van der Waals surface area (Å²) < 4.78 is 0. The number of carbonyl (C=O) groups excluding carboxylic acids is 1. The normalized spacial score (nSPS) is 14.8. The zero-order valence-corrected chi connectivity index (χ0v) is 19.5. The maximum absolute atomic E-state index is 12.6. The summed E-state index contributed by atoms with van der Waals surface area (Å²) >= 11 is 1.35. The van der Waals surface area contributed by atoms with Crippen molar-refractivity contribution < 1.29 is 9.72 Å². The number of nitro groups is 1. The van der Waals surface area contributed by atoms with Gasteiger partial charge in [0.25, 0.3) is 11.6 Å². The van der Waals surface area contributed by atoms with E-state index < -0.39 is 4.92 Å². The minimum atomic E-state index is -0.427. The third-order valence-corrected chi connectivity index (χ3v) is 7.11. The molecule has 0 saturated carbocycles. The Morgan fingerprint density at radius 3 is 2.52 bits per heavy atom. The number of piperidine rings is 1. The van der Waals surface area contributed by atoms with Crippen LogP contribution in [0.5, 0.6) is 0 Å². The van der Waals surface area contributed by atoms with Gasteiger partial charge in [-0.15, -0.1) is 11.3 Å². The minimum Gasteiger partial charge on any atom is -0.350 e. The Balaban J connectivity index is 1.23. The Hall–Kier alpha value is -3.10. The molecule has 172 valence electrons. The highest BCUT2D eigenvalue weighted by atomic mass is 32.1. The van der Waals surface area contributed by atoms with Crippen LogP contribution in [-0.2, 0) is 6.54 Å². The lowest BCUT2D eigenvalue weighted by molar-refractivity contribution is -0.384. The van der Waals surface area contributed by atoms with E-state index in [-0.39, 0.29) is 11.6 Å². The summed E-state index contributed by atoms with van der Waals surface area (Å²) in [4.78, 5) is 31.0. The number of hydrogen-bond acceptors (Lipinski definition) is 6. The number of nitrogens with zero attached hydrogens (tertiary/aromatic N) is 3. The molecule has 8 heteroatoms. The van der Waals surface area contributed by atoms with E-state index >= 15 is 0 Å². The Morgan fingerprint density at radius 2 is 1.85 bits per heavy atom. The van der Waals surface area contributed by atoms with Crippen molar-refractivity contribution in [3.05, 3.63) is 80.2 Å². The van der Waals surface area contributed by atoms with E-state index in [2.05, 4.69) is 39.5 Å². The highest BCUT2D eigenvalue weighted by Gasteiger charge is 2.20. The van der Waals surface area contributed by atoms with E-state index in [0.717, 1.165) is 49.3 Å². The molecule has 2 heterocycles. The van der Waals surface area contributed by atoms with Crippen LogP contribution in [-0.4, -0.2) is 40.3 Å². The Kier molecular flexibility index (Phi) is 7.47. The molecular weight excluding hydrogens is 436 g/mol. The van der Waals surface area contributed by atoms with Crippen molar-refractivity contribution in [2.45, 2.75) is 32.7 Å². The SMILES string of the molecule is Cc1sc(C(=O)NCCC2CCN(Cc3ccccc3)CC2)nc1-c1ccc([N+](=O)[O-])cc1. The average Bonchev–Trinajstić information content (AvgIpc) is 3.22. The lowest BCUT2D eigenvalue weighted by Gasteiger charge is -2.32. The summed E-state index contributed by atoms with van der Waals surface area (Å²) in [6, 6.07) is 16.8. The molecule has 33 heavy (non-hydrogen) atoms. The van der Waals surface area contributed by atoms with Gasteiger partial charge in [0, 0.05) is 35.7 Å². The maximum atomic E-state index is 12.6. The number of amides is 1. The first-order chi connectivity index (χ1) is 16.0. The van der Waals surface area contributed by atoms with Crippen LogP contribution in [0.2, 0.25) is 0 Å². The van der Waals surface area contributed by atoms with Crippen LogP contribution in [0.1, 0.15) is 39.5 Å². The molecule has 0 aliphatic carbocycles. The molecule has 0 radical (unpaired) electrons. The Bertz CT molecular complexity index is 1090. The van der Waals surface area contributed by atoms with Crippen molar-refractivity contribution >= 4 is 22.9 Å². The molecular formula is C25H28N4O3S. The van der Waals surface area contributed by atoms with Crippen LogP contribution < -0.4 is 5.32 Å². The molecule has 1 amide bonds. The quantitative estimate of drug-likeness (QED) is 0.372. The molecule has 0 unspecified atom stereocenters. The van der Waals surface area contributed by atoms with Crippen molar-refractivity contribution in [3.8, 4) is 11.3 Å². The fourth-order valence-electron chi connectivity index (χ4n) is 4.24. The van der Waals surface area contributed by atoms with E-state index in [9.17, 15) is 14.9 Å². The van der Waals surface area contributed by atoms with Crippen LogP contribution >= 0.6 is 11.3 Å². The number of non-ortho nitro benzene ring substituents is 1. The number of nitrogens with one attached hydrogen (secondary N) is 1. The van der Waals surface area contributed by atoms with Crippen LogP contribution in [0, 0.1) is 23.0 Å². The van der Waals surface area contributed by atoms with Gasteiger partial charge < -0.3 is 5.32 Å². The van der Waals surface area contributed by atoms with Gasteiger partial charge in [-0.2, -0.15) is 0 Å². The summed E-state index contributed by atoms with van der Waals surface area (Å²) in [7, 11) is 0. The van der Waals surface area contributed by atoms with E-state index in [0.29, 0.717) is 23.2 Å². The van der Waals surface area contributed by atoms with Gasteiger partial charge in [0.15, 0.2) is 5.01 Å². The fraction of sp³-hybridized carbons (Fsp3) is 0.360. The first-order valence-corrected chi connectivity index (χ1v) is 12.1. The molecule has 0 atom stereocenters. The van der Waals surface area contributed by atoms with Gasteiger partial charge in [-0.1, -0.05) is 30.3 Å². The van der Waals surface area contributed by atoms with E-state index in [1.54, 1.807) is 12.1 Å². The number of rotatable bonds is 8. The van der Waals surface area contributed by atoms with E-state index in [1.807, 2.05) is 13.0 Å². The first-order valence-electron chi connectivity index (χ1n) is 11.3. The first kappa shape index (κ1) is 23.1. The van der Waals surface area contributed by atoms with E-state index in [4.69, 9.17) is 0 Å². The second-order valence-corrected chi connectivity index (χ2v) is 9.68. The lowest BCUT2D eigenvalue weighted by Crippen LogP contribution is -2.34. The highest BCUT2D eigenvalue weighted by Crippen LogP contribution is 2.29. The molecule has 3 aromatic rings. The number of aromatic nitrogens is 1. The van der Waals surface area contributed by atoms with Crippen molar-refractivity contribution in [2.75, 3.05) is 19.6 Å². The van der Waals surface area contributed by atoms with Crippen LogP contribution in [0.4, 0.5) is 5.69 Å². The molecule has 1 aliphatic rings. The van der Waals surface area contributed by atoms with Gasteiger partial charge in [0.2, 0.25) is 0 Å². The number of carbonyl (C=O) groups is 1. The Labute approximate surface area is 197 Å². The van der Waals surface area contributed by atoms with Gasteiger partial charge in [-0.05, 0) is 62.9 Å². The predicted molar refractivity (Wildman–Crippen MR) is 130 cm³/mol. The molecule has 1 saturated heterocycles. The summed E-state index contributed by atoms with van der Waals surface area (Å²) in [5.41, 5.74) is 2.87. The number of thiazole rings is 1. The van der Waals surface area contributed by atoms with Crippen LogP contribution in [0.25, 0.3) is 11.3 Å².